The first-order valence-corrected chi connectivity index (χ1v) is 8.66. The molecule has 1 fully saturated rings. The molecule has 7 nitrogen and oxygen atoms in total. The van der Waals surface area contributed by atoms with E-state index in [9.17, 15) is 4.79 Å². The first kappa shape index (κ1) is 18.3. The number of carbonyl (C=O) groups excluding carboxylic acids is 1. The van der Waals surface area contributed by atoms with E-state index in [1.54, 1.807) is 19.4 Å². The van der Waals surface area contributed by atoms with E-state index >= 15 is 0 Å². The van der Waals surface area contributed by atoms with Gasteiger partial charge in [0.1, 0.15) is 11.9 Å². The van der Waals surface area contributed by atoms with Crippen LogP contribution in [0.5, 0.6) is 11.8 Å². The summed E-state index contributed by atoms with van der Waals surface area (Å²) in [5.41, 5.74) is 3.20. The summed E-state index contributed by atoms with van der Waals surface area (Å²) in [5, 5.41) is 2.63. The van der Waals surface area contributed by atoms with Crippen LogP contribution in [0.3, 0.4) is 0 Å². The molecule has 0 spiro atoms. The quantitative estimate of drug-likeness (QED) is 0.881. The number of carbonyl (C=O) groups is 1. The molecule has 26 heavy (non-hydrogen) atoms. The van der Waals surface area contributed by atoms with Crippen LogP contribution in [0.2, 0.25) is 0 Å². The Morgan fingerprint density at radius 3 is 2.81 bits per heavy atom. The zero-order chi connectivity index (χ0) is 18.5. The van der Waals surface area contributed by atoms with Gasteiger partial charge in [0.25, 0.3) is 0 Å². The predicted molar refractivity (Wildman–Crippen MR) is 97.1 cm³/mol. The Kier molecular flexibility index (Phi) is 5.80. The van der Waals surface area contributed by atoms with Crippen molar-refractivity contribution in [3.8, 4) is 11.8 Å². The highest BCUT2D eigenvalue weighted by atomic mass is 16.5. The molecule has 2 heterocycles. The van der Waals surface area contributed by atoms with Gasteiger partial charge < -0.3 is 14.8 Å². The first-order chi connectivity index (χ1) is 12.5. The van der Waals surface area contributed by atoms with E-state index in [0.717, 1.165) is 23.4 Å². The summed E-state index contributed by atoms with van der Waals surface area (Å²) >= 11 is 0. The second-order valence-corrected chi connectivity index (χ2v) is 6.45. The number of rotatable bonds is 5. The summed E-state index contributed by atoms with van der Waals surface area (Å²) in [6, 6.07) is 6.31. The number of amides is 1. The molecule has 0 aliphatic carbocycles. The molecule has 1 N–H and O–H groups in total. The molecule has 1 saturated heterocycles. The van der Waals surface area contributed by atoms with E-state index in [2.05, 4.69) is 26.3 Å². The van der Waals surface area contributed by atoms with Crippen LogP contribution in [-0.2, 0) is 16.1 Å². The van der Waals surface area contributed by atoms with Crippen LogP contribution in [0.4, 0.5) is 0 Å². The highest BCUT2D eigenvalue weighted by Crippen LogP contribution is 2.23. The van der Waals surface area contributed by atoms with Gasteiger partial charge in [0.2, 0.25) is 5.91 Å². The van der Waals surface area contributed by atoms with Gasteiger partial charge >= 0.3 is 6.01 Å². The predicted octanol–water partition coefficient (Wildman–Crippen LogP) is 1.83. The number of benzene rings is 1. The normalized spacial score (nSPS) is 17.7. The minimum absolute atomic E-state index is 0.0943. The van der Waals surface area contributed by atoms with E-state index in [4.69, 9.17) is 9.47 Å². The van der Waals surface area contributed by atoms with Gasteiger partial charge in [0.05, 0.1) is 6.61 Å². The molecule has 3 rings (SSSR count). The summed E-state index contributed by atoms with van der Waals surface area (Å²) in [7, 11) is 1.62. The fourth-order valence-electron chi connectivity index (χ4n) is 2.91. The van der Waals surface area contributed by atoms with Crippen molar-refractivity contribution in [3.05, 3.63) is 47.3 Å². The van der Waals surface area contributed by atoms with Crippen LogP contribution in [-0.4, -0.2) is 53.6 Å². The zero-order valence-electron chi connectivity index (χ0n) is 15.4. The molecule has 2 aromatic rings. The average molecular weight is 356 g/mol. The van der Waals surface area contributed by atoms with Gasteiger partial charge in [0.15, 0.2) is 0 Å². The van der Waals surface area contributed by atoms with Crippen LogP contribution in [0, 0.1) is 13.8 Å². The minimum Gasteiger partial charge on any atom is -0.424 e. The van der Waals surface area contributed by atoms with Gasteiger partial charge in [-0.1, -0.05) is 17.7 Å². The second-order valence-electron chi connectivity index (χ2n) is 6.45. The molecular weight excluding hydrogens is 332 g/mol. The minimum atomic E-state index is -0.429. The molecule has 1 atom stereocenters. The highest BCUT2D eigenvalue weighted by Gasteiger charge is 2.25. The monoisotopic (exact) mass is 356 g/mol. The van der Waals surface area contributed by atoms with Gasteiger partial charge in [-0.05, 0) is 25.5 Å². The lowest BCUT2D eigenvalue weighted by molar-refractivity contribution is -0.138. The Morgan fingerprint density at radius 2 is 2.12 bits per heavy atom. The Bertz CT molecular complexity index is 764. The second kappa shape index (κ2) is 8.25. The van der Waals surface area contributed by atoms with Crippen LogP contribution in [0.1, 0.15) is 16.7 Å². The van der Waals surface area contributed by atoms with Crippen molar-refractivity contribution in [2.45, 2.75) is 26.5 Å². The van der Waals surface area contributed by atoms with Crippen molar-refractivity contribution in [1.29, 1.82) is 0 Å². The summed E-state index contributed by atoms with van der Waals surface area (Å²) in [6.07, 6.45) is 3.09. The van der Waals surface area contributed by atoms with Gasteiger partial charge in [0, 0.05) is 44.6 Å². The SMILES string of the molecule is CNC(=O)[C@@H]1CN(Cc2cnc(Oc3ccc(C)cc3C)nc2)CCO1. The Labute approximate surface area is 153 Å². The van der Waals surface area contributed by atoms with Gasteiger partial charge in [-0.15, -0.1) is 0 Å². The lowest BCUT2D eigenvalue weighted by Gasteiger charge is -2.31. The number of aryl methyl sites for hydroxylation is 2. The molecular formula is C19H24N4O3. The molecule has 1 aliphatic heterocycles. The Balaban J connectivity index is 1.60. The average Bonchev–Trinajstić information content (AvgIpc) is 2.65. The van der Waals surface area contributed by atoms with E-state index in [1.807, 2.05) is 26.0 Å². The molecule has 1 amide bonds. The van der Waals surface area contributed by atoms with E-state index in [0.29, 0.717) is 25.7 Å². The number of morpholine rings is 1. The van der Waals surface area contributed by atoms with E-state index < -0.39 is 6.10 Å². The van der Waals surface area contributed by atoms with E-state index in [-0.39, 0.29) is 5.91 Å². The summed E-state index contributed by atoms with van der Waals surface area (Å²) in [6.45, 7) is 6.57. The molecule has 138 valence electrons. The maximum absolute atomic E-state index is 11.7. The highest BCUT2D eigenvalue weighted by molar-refractivity contribution is 5.80. The largest absolute Gasteiger partial charge is 0.424 e. The third kappa shape index (κ3) is 4.56. The topological polar surface area (TPSA) is 76.6 Å². The fourth-order valence-corrected chi connectivity index (χ4v) is 2.91. The van der Waals surface area contributed by atoms with Gasteiger partial charge in [-0.3, -0.25) is 9.69 Å². The van der Waals surface area contributed by atoms with Crippen molar-refractivity contribution in [2.24, 2.45) is 0 Å². The number of hydrogen-bond acceptors (Lipinski definition) is 6. The number of hydrogen-bond donors (Lipinski definition) is 1. The molecule has 0 saturated carbocycles. The van der Waals surface area contributed by atoms with Crippen LogP contribution < -0.4 is 10.1 Å². The van der Waals surface area contributed by atoms with Gasteiger partial charge in [-0.25, -0.2) is 9.97 Å². The Morgan fingerprint density at radius 1 is 1.35 bits per heavy atom. The van der Waals surface area contributed by atoms with Crippen molar-refractivity contribution >= 4 is 5.91 Å². The molecule has 1 aromatic carbocycles. The molecule has 1 aliphatic rings. The van der Waals surface area contributed by atoms with E-state index in [1.165, 1.54) is 5.56 Å². The number of aromatic nitrogens is 2. The number of likely N-dealkylation sites (N-methyl/N-ethyl adjacent to an activating group) is 1. The van der Waals surface area contributed by atoms with Crippen molar-refractivity contribution in [2.75, 3.05) is 26.7 Å². The van der Waals surface area contributed by atoms with Gasteiger partial charge in [-0.2, -0.15) is 0 Å². The summed E-state index contributed by atoms with van der Waals surface area (Å²) in [5.74, 6) is 0.660. The van der Waals surface area contributed by atoms with Crippen LogP contribution >= 0.6 is 0 Å². The fraction of sp³-hybridized carbons (Fsp3) is 0.421. The lowest BCUT2D eigenvalue weighted by atomic mass is 10.1. The Hall–Kier alpha value is -2.51. The smallest absolute Gasteiger partial charge is 0.321 e. The molecule has 0 radical (unpaired) electrons. The summed E-state index contributed by atoms with van der Waals surface area (Å²) < 4.78 is 11.3. The van der Waals surface area contributed by atoms with Crippen molar-refractivity contribution < 1.29 is 14.3 Å². The van der Waals surface area contributed by atoms with Crippen molar-refractivity contribution in [1.82, 2.24) is 20.2 Å². The standard InChI is InChI=1S/C19H24N4O3/c1-13-4-5-16(14(2)8-13)26-19-21-9-15(10-22-19)11-23-6-7-25-17(12-23)18(24)20-3/h4-5,8-10,17H,6-7,11-12H2,1-3H3,(H,20,24)/t17-/m0/s1. The molecule has 7 heteroatoms. The van der Waals surface area contributed by atoms with Crippen LogP contribution in [0.15, 0.2) is 30.6 Å². The lowest BCUT2D eigenvalue weighted by Crippen LogP contribution is -2.48. The molecule has 0 bridgehead atoms. The summed E-state index contributed by atoms with van der Waals surface area (Å²) in [4.78, 5) is 22.5. The third-order valence-electron chi connectivity index (χ3n) is 4.31. The van der Waals surface area contributed by atoms with Crippen molar-refractivity contribution in [3.63, 3.8) is 0 Å². The molecule has 0 unspecified atom stereocenters. The number of ether oxygens (including phenoxy) is 2. The maximum Gasteiger partial charge on any atom is 0.321 e. The van der Waals surface area contributed by atoms with Crippen LogP contribution in [0.25, 0.3) is 0 Å². The zero-order valence-corrected chi connectivity index (χ0v) is 15.4. The third-order valence-corrected chi connectivity index (χ3v) is 4.31. The molecule has 1 aromatic heterocycles. The number of nitrogens with one attached hydrogen (secondary N) is 1. The maximum atomic E-state index is 11.7. The first-order valence-electron chi connectivity index (χ1n) is 8.66. The number of nitrogens with zero attached hydrogens (tertiary/aromatic N) is 3.